The van der Waals surface area contributed by atoms with Gasteiger partial charge in [0.2, 0.25) is 10.0 Å². The standard InChI is InChI=1S/C9H20N2O2S.ClH/c1-14(12,13)11-9(7-10)8-5-3-2-4-6-8;/h8-9,11H,2-7,10H2,1H3;1H. The van der Waals surface area contributed by atoms with Crippen LogP contribution in [-0.4, -0.2) is 27.3 Å². The molecule has 0 bridgehead atoms. The lowest BCUT2D eigenvalue weighted by atomic mass is 9.84. The maximum Gasteiger partial charge on any atom is 0.209 e. The molecule has 1 fully saturated rings. The van der Waals surface area contributed by atoms with Gasteiger partial charge < -0.3 is 5.73 Å². The molecule has 0 radical (unpaired) electrons. The van der Waals surface area contributed by atoms with Crippen LogP contribution in [-0.2, 0) is 10.0 Å². The van der Waals surface area contributed by atoms with Crippen LogP contribution in [0.4, 0.5) is 0 Å². The van der Waals surface area contributed by atoms with Gasteiger partial charge in [-0.1, -0.05) is 19.3 Å². The second-order valence-corrected chi connectivity index (χ2v) is 5.91. The molecule has 3 N–H and O–H groups in total. The zero-order valence-electron chi connectivity index (χ0n) is 9.11. The van der Waals surface area contributed by atoms with E-state index in [9.17, 15) is 8.42 Å². The Morgan fingerprint density at radius 1 is 1.33 bits per heavy atom. The second kappa shape index (κ2) is 6.68. The minimum absolute atomic E-state index is 0. The molecule has 0 amide bonds. The lowest BCUT2D eigenvalue weighted by Gasteiger charge is -2.29. The fourth-order valence-electron chi connectivity index (χ4n) is 2.15. The van der Waals surface area contributed by atoms with Crippen molar-refractivity contribution in [2.75, 3.05) is 12.8 Å². The Labute approximate surface area is 98.5 Å². The van der Waals surface area contributed by atoms with Gasteiger partial charge in [0.15, 0.2) is 0 Å². The van der Waals surface area contributed by atoms with Gasteiger partial charge in [-0.15, -0.1) is 12.4 Å². The molecule has 0 aromatic carbocycles. The van der Waals surface area contributed by atoms with E-state index in [1.165, 1.54) is 25.5 Å². The van der Waals surface area contributed by atoms with Crippen LogP contribution in [0, 0.1) is 5.92 Å². The number of nitrogens with one attached hydrogen (secondary N) is 1. The molecule has 0 spiro atoms. The molecule has 1 saturated carbocycles. The van der Waals surface area contributed by atoms with Crippen LogP contribution in [0.25, 0.3) is 0 Å². The Hall–Kier alpha value is 0.160. The van der Waals surface area contributed by atoms with Crippen LogP contribution in [0.1, 0.15) is 32.1 Å². The summed E-state index contributed by atoms with van der Waals surface area (Å²) in [5.74, 6) is 0.434. The Morgan fingerprint density at radius 3 is 2.27 bits per heavy atom. The number of rotatable bonds is 4. The molecule has 0 aromatic rings. The first kappa shape index (κ1) is 15.2. The fourth-order valence-corrected chi connectivity index (χ4v) is 2.99. The summed E-state index contributed by atoms with van der Waals surface area (Å²) in [6.45, 7) is 0.401. The first-order valence-electron chi connectivity index (χ1n) is 5.20. The zero-order chi connectivity index (χ0) is 10.6. The molecule has 92 valence electrons. The average molecular weight is 257 g/mol. The Morgan fingerprint density at radius 2 is 1.87 bits per heavy atom. The molecule has 0 heterocycles. The minimum atomic E-state index is -3.11. The van der Waals surface area contributed by atoms with Gasteiger partial charge in [-0.2, -0.15) is 0 Å². The number of hydrogen-bond acceptors (Lipinski definition) is 3. The highest BCUT2D eigenvalue weighted by molar-refractivity contribution is 7.88. The summed E-state index contributed by atoms with van der Waals surface area (Å²) >= 11 is 0. The smallest absolute Gasteiger partial charge is 0.209 e. The first-order chi connectivity index (χ1) is 6.53. The second-order valence-electron chi connectivity index (χ2n) is 4.13. The molecule has 1 rings (SSSR count). The highest BCUT2D eigenvalue weighted by atomic mass is 35.5. The summed E-state index contributed by atoms with van der Waals surface area (Å²) < 4.78 is 24.8. The van der Waals surface area contributed by atoms with E-state index in [1.54, 1.807) is 0 Å². The highest BCUT2D eigenvalue weighted by Gasteiger charge is 2.24. The van der Waals surface area contributed by atoms with E-state index in [1.807, 2.05) is 0 Å². The zero-order valence-corrected chi connectivity index (χ0v) is 10.7. The van der Waals surface area contributed by atoms with Crippen LogP contribution in [0.15, 0.2) is 0 Å². The van der Waals surface area contributed by atoms with Crippen molar-refractivity contribution in [3.8, 4) is 0 Å². The van der Waals surface area contributed by atoms with E-state index in [0.29, 0.717) is 12.5 Å². The molecule has 1 aliphatic rings. The fraction of sp³-hybridized carbons (Fsp3) is 1.00. The van der Waals surface area contributed by atoms with E-state index in [4.69, 9.17) is 5.73 Å². The molecule has 1 aliphatic carbocycles. The number of sulfonamides is 1. The van der Waals surface area contributed by atoms with Gasteiger partial charge in [0.1, 0.15) is 0 Å². The van der Waals surface area contributed by atoms with Crippen LogP contribution in [0.3, 0.4) is 0 Å². The van der Waals surface area contributed by atoms with Gasteiger partial charge in [0.25, 0.3) is 0 Å². The van der Waals surface area contributed by atoms with E-state index in [2.05, 4.69) is 4.72 Å². The molecule has 0 aromatic heterocycles. The van der Waals surface area contributed by atoms with Crippen molar-refractivity contribution in [2.45, 2.75) is 38.1 Å². The molecule has 0 aliphatic heterocycles. The van der Waals surface area contributed by atoms with Crippen molar-refractivity contribution in [2.24, 2.45) is 11.7 Å². The lowest BCUT2D eigenvalue weighted by Crippen LogP contribution is -2.45. The molecule has 4 nitrogen and oxygen atoms in total. The Balaban J connectivity index is 0.00000196. The summed E-state index contributed by atoms with van der Waals surface area (Å²) in [6.07, 6.45) is 7.07. The highest BCUT2D eigenvalue weighted by Crippen LogP contribution is 2.26. The van der Waals surface area contributed by atoms with Crippen LogP contribution in [0.5, 0.6) is 0 Å². The van der Waals surface area contributed by atoms with E-state index in [-0.39, 0.29) is 18.4 Å². The number of halogens is 1. The maximum atomic E-state index is 11.1. The molecule has 1 atom stereocenters. The first-order valence-corrected chi connectivity index (χ1v) is 7.09. The van der Waals surface area contributed by atoms with Crippen LogP contribution < -0.4 is 10.5 Å². The van der Waals surface area contributed by atoms with E-state index in [0.717, 1.165) is 12.8 Å². The third kappa shape index (κ3) is 5.70. The summed E-state index contributed by atoms with van der Waals surface area (Å²) in [7, 11) is -3.11. The molecule has 1 unspecified atom stereocenters. The van der Waals surface area contributed by atoms with Crippen molar-refractivity contribution >= 4 is 22.4 Å². The van der Waals surface area contributed by atoms with Crippen LogP contribution in [0.2, 0.25) is 0 Å². The van der Waals surface area contributed by atoms with Crippen molar-refractivity contribution in [1.82, 2.24) is 4.72 Å². The largest absolute Gasteiger partial charge is 0.329 e. The van der Waals surface area contributed by atoms with Gasteiger partial charge in [0.05, 0.1) is 6.26 Å². The van der Waals surface area contributed by atoms with Crippen molar-refractivity contribution in [3.63, 3.8) is 0 Å². The van der Waals surface area contributed by atoms with Crippen LogP contribution >= 0.6 is 12.4 Å². The van der Waals surface area contributed by atoms with Crippen molar-refractivity contribution < 1.29 is 8.42 Å². The summed E-state index contributed by atoms with van der Waals surface area (Å²) in [5.41, 5.74) is 5.58. The molecular formula is C9H21ClN2O2S. The SMILES string of the molecule is CS(=O)(=O)NC(CN)C1CCCCC1.Cl. The molecular weight excluding hydrogens is 236 g/mol. The van der Waals surface area contributed by atoms with Crippen molar-refractivity contribution in [3.05, 3.63) is 0 Å². The van der Waals surface area contributed by atoms with Gasteiger partial charge in [-0.3, -0.25) is 0 Å². The van der Waals surface area contributed by atoms with Gasteiger partial charge >= 0.3 is 0 Å². The lowest BCUT2D eigenvalue weighted by molar-refractivity contribution is 0.294. The normalized spacial score (nSPS) is 20.7. The van der Waals surface area contributed by atoms with Gasteiger partial charge in [0, 0.05) is 12.6 Å². The third-order valence-corrected chi connectivity index (χ3v) is 3.57. The third-order valence-electron chi connectivity index (χ3n) is 2.84. The van der Waals surface area contributed by atoms with Gasteiger partial charge in [-0.25, -0.2) is 13.1 Å². The minimum Gasteiger partial charge on any atom is -0.329 e. The summed E-state index contributed by atoms with van der Waals surface area (Å²) in [6, 6.07) is -0.0645. The number of hydrogen-bond donors (Lipinski definition) is 2. The molecule has 15 heavy (non-hydrogen) atoms. The summed E-state index contributed by atoms with van der Waals surface area (Å²) in [4.78, 5) is 0. The predicted octanol–water partition coefficient (Wildman–Crippen LogP) is 0.865. The topological polar surface area (TPSA) is 72.2 Å². The summed E-state index contributed by atoms with van der Waals surface area (Å²) in [5, 5.41) is 0. The molecule has 6 heteroatoms. The Kier molecular flexibility index (Phi) is 6.75. The van der Waals surface area contributed by atoms with E-state index < -0.39 is 10.0 Å². The maximum absolute atomic E-state index is 11.1. The van der Waals surface area contributed by atoms with Crippen molar-refractivity contribution in [1.29, 1.82) is 0 Å². The monoisotopic (exact) mass is 256 g/mol. The van der Waals surface area contributed by atoms with Gasteiger partial charge in [-0.05, 0) is 18.8 Å². The van der Waals surface area contributed by atoms with E-state index >= 15 is 0 Å². The Bertz CT molecular complexity index is 263. The quantitative estimate of drug-likeness (QED) is 0.784. The molecule has 0 saturated heterocycles. The predicted molar refractivity (Wildman–Crippen MR) is 64.6 cm³/mol. The average Bonchev–Trinajstić information content (AvgIpc) is 2.14. The number of nitrogens with two attached hydrogens (primary N) is 1.